The number of benzene rings is 2. The van der Waals surface area contributed by atoms with Gasteiger partial charge in [-0.05, 0) is 31.1 Å². The van der Waals surface area contributed by atoms with Gasteiger partial charge >= 0.3 is 0 Å². The largest absolute Gasteiger partial charge is 0.384 e. The van der Waals surface area contributed by atoms with E-state index in [9.17, 15) is 14.9 Å². The van der Waals surface area contributed by atoms with E-state index in [1.807, 2.05) is 74.5 Å². The summed E-state index contributed by atoms with van der Waals surface area (Å²) in [6.07, 6.45) is 1.79. The number of allylic oxidation sites excluding steroid dienone is 1. The minimum Gasteiger partial charge on any atom is -0.384 e. The van der Waals surface area contributed by atoms with Gasteiger partial charge in [0.15, 0.2) is 0 Å². The first-order valence-electron chi connectivity index (χ1n) is 10.8. The van der Waals surface area contributed by atoms with Crippen LogP contribution >= 0.6 is 11.3 Å². The normalized spacial score (nSPS) is 15.8. The van der Waals surface area contributed by atoms with Crippen LogP contribution in [0.3, 0.4) is 0 Å². The van der Waals surface area contributed by atoms with Crippen molar-refractivity contribution < 1.29 is 4.79 Å². The number of rotatable bonds is 5. The van der Waals surface area contributed by atoms with Crippen molar-refractivity contribution >= 4 is 34.7 Å². The summed E-state index contributed by atoms with van der Waals surface area (Å²) < 4.78 is 2.26. The highest BCUT2D eigenvalue weighted by Crippen LogP contribution is 2.36. The van der Waals surface area contributed by atoms with E-state index in [1.54, 1.807) is 11.0 Å². The highest BCUT2D eigenvalue weighted by Gasteiger charge is 2.36. The van der Waals surface area contributed by atoms with Crippen molar-refractivity contribution in [2.75, 3.05) is 13.1 Å². The monoisotopic (exact) mass is 456 g/mol. The van der Waals surface area contributed by atoms with Crippen LogP contribution in [-0.4, -0.2) is 28.5 Å². The summed E-state index contributed by atoms with van der Waals surface area (Å²) in [4.78, 5) is 28.8. The van der Waals surface area contributed by atoms with E-state index in [-0.39, 0.29) is 22.9 Å². The molecular weight excluding hydrogens is 432 g/mol. The van der Waals surface area contributed by atoms with Crippen molar-refractivity contribution in [1.82, 2.24) is 9.47 Å². The summed E-state index contributed by atoms with van der Waals surface area (Å²) in [7, 11) is 0. The van der Waals surface area contributed by atoms with Crippen molar-refractivity contribution in [3.8, 4) is 6.07 Å². The Hall–Kier alpha value is -3.89. The Morgan fingerprint density at radius 3 is 2.30 bits per heavy atom. The summed E-state index contributed by atoms with van der Waals surface area (Å²) in [5, 5.41) is 10.1. The topological polar surface area (TPSA) is 92.1 Å². The highest BCUT2D eigenvalue weighted by atomic mass is 32.1. The Kier molecular flexibility index (Phi) is 6.29. The van der Waals surface area contributed by atoms with E-state index in [2.05, 4.69) is 6.07 Å². The van der Waals surface area contributed by atoms with Crippen molar-refractivity contribution in [3.63, 3.8) is 0 Å². The second-order valence-corrected chi connectivity index (χ2v) is 8.64. The Bertz CT molecular complexity index is 1440. The fourth-order valence-electron chi connectivity index (χ4n) is 4.11. The van der Waals surface area contributed by atoms with Crippen LogP contribution in [-0.2, 0) is 4.79 Å². The van der Waals surface area contributed by atoms with Gasteiger partial charge in [-0.15, -0.1) is 11.3 Å². The molecule has 3 aromatic rings. The molecule has 0 fully saturated rings. The maximum atomic E-state index is 13.8. The average molecular weight is 457 g/mol. The van der Waals surface area contributed by atoms with Gasteiger partial charge in [0.2, 0.25) is 0 Å². The molecule has 0 aliphatic carbocycles. The lowest BCUT2D eigenvalue weighted by molar-refractivity contribution is -0.125. The summed E-state index contributed by atoms with van der Waals surface area (Å²) in [6, 6.07) is 21.1. The number of nitrogens with two attached hydrogens (primary N) is 1. The first kappa shape index (κ1) is 22.3. The Morgan fingerprint density at radius 2 is 1.73 bits per heavy atom. The van der Waals surface area contributed by atoms with Crippen molar-refractivity contribution in [3.05, 3.63) is 96.9 Å². The number of amides is 1. The number of fused-ring (bicyclic) bond motifs is 1. The molecule has 2 heterocycles. The van der Waals surface area contributed by atoms with Gasteiger partial charge in [0, 0.05) is 13.1 Å². The smallest absolute Gasteiger partial charge is 0.274 e. The zero-order chi connectivity index (χ0) is 23.5. The molecule has 1 unspecified atom stereocenters. The molecule has 6 nitrogen and oxygen atoms in total. The minimum atomic E-state index is -0.646. The molecule has 0 spiro atoms. The van der Waals surface area contributed by atoms with Gasteiger partial charge in [0.1, 0.15) is 10.5 Å². The highest BCUT2D eigenvalue weighted by molar-refractivity contribution is 7.07. The second-order valence-electron chi connectivity index (χ2n) is 7.61. The van der Waals surface area contributed by atoms with Gasteiger partial charge < -0.3 is 10.6 Å². The van der Waals surface area contributed by atoms with Crippen LogP contribution in [0, 0.1) is 11.3 Å². The third kappa shape index (κ3) is 3.90. The zero-order valence-corrected chi connectivity index (χ0v) is 19.3. The van der Waals surface area contributed by atoms with Gasteiger partial charge in [0.05, 0.1) is 27.7 Å². The van der Waals surface area contributed by atoms with Crippen LogP contribution in [0.15, 0.2) is 71.0 Å². The van der Waals surface area contributed by atoms with Crippen LogP contribution in [0.25, 0.3) is 17.5 Å². The average Bonchev–Trinajstić information content (AvgIpc) is 3.16. The lowest BCUT2D eigenvalue weighted by atomic mass is 9.83. The first-order chi connectivity index (χ1) is 16.0. The zero-order valence-electron chi connectivity index (χ0n) is 18.5. The predicted molar refractivity (Wildman–Crippen MR) is 131 cm³/mol. The number of hydrogen-bond donors (Lipinski definition) is 1. The number of aromatic nitrogens is 1. The number of carbonyl (C=O) groups is 1. The molecule has 7 heteroatoms. The van der Waals surface area contributed by atoms with Crippen molar-refractivity contribution in [1.29, 1.82) is 5.26 Å². The number of carbonyl (C=O) groups excluding carboxylic acids is 1. The Balaban J connectivity index is 2.12. The molecule has 33 heavy (non-hydrogen) atoms. The van der Waals surface area contributed by atoms with E-state index in [0.717, 1.165) is 11.1 Å². The molecule has 0 bridgehead atoms. The van der Waals surface area contributed by atoms with Crippen molar-refractivity contribution in [2.45, 2.75) is 19.8 Å². The summed E-state index contributed by atoms with van der Waals surface area (Å²) >= 11 is 1.23. The molecule has 1 atom stereocenters. The van der Waals surface area contributed by atoms with Crippen LogP contribution in [0.5, 0.6) is 0 Å². The van der Waals surface area contributed by atoms with Crippen LogP contribution in [0.1, 0.15) is 30.9 Å². The quantitative estimate of drug-likeness (QED) is 0.637. The molecule has 1 aromatic heterocycles. The van der Waals surface area contributed by atoms with Crippen LogP contribution < -0.4 is 20.5 Å². The SMILES string of the molecule is CCN(CC)C(=O)C1=c2s/c(=C\c3ccccc3)c(=O)n2C(N)=C(C#N)C1c1ccccc1. The summed E-state index contributed by atoms with van der Waals surface area (Å²) in [5.41, 5.74) is 8.35. The third-order valence-electron chi connectivity index (χ3n) is 5.78. The molecular formula is C26H24N4O2S. The summed E-state index contributed by atoms with van der Waals surface area (Å²) in [5.74, 6) is -0.770. The van der Waals surface area contributed by atoms with Gasteiger partial charge in [0.25, 0.3) is 11.5 Å². The maximum absolute atomic E-state index is 13.8. The molecule has 2 N–H and O–H groups in total. The molecule has 2 aromatic carbocycles. The lowest BCUT2D eigenvalue weighted by Crippen LogP contribution is -2.43. The van der Waals surface area contributed by atoms with E-state index >= 15 is 0 Å². The standard InChI is InChI=1S/C26H24N4O2S/c1-3-29(4-2)25(32)22-21(18-13-9-6-10-14-18)19(16-27)23(28)30-24(31)20(33-26(22)30)15-17-11-7-5-8-12-17/h5-15,21H,3-4,28H2,1-2H3/b20-15-. The molecule has 1 aliphatic rings. The molecule has 4 rings (SSSR count). The van der Waals surface area contributed by atoms with E-state index in [0.29, 0.717) is 27.9 Å². The van der Waals surface area contributed by atoms with Gasteiger partial charge in [-0.3, -0.25) is 14.2 Å². The molecule has 0 saturated heterocycles. The number of hydrogen-bond acceptors (Lipinski definition) is 5. The van der Waals surface area contributed by atoms with Crippen LogP contribution in [0.2, 0.25) is 0 Å². The number of thiazole rings is 1. The maximum Gasteiger partial charge on any atom is 0.274 e. The lowest BCUT2D eigenvalue weighted by Gasteiger charge is -2.28. The molecule has 0 radical (unpaired) electrons. The first-order valence-corrected chi connectivity index (χ1v) is 11.6. The van der Waals surface area contributed by atoms with E-state index in [4.69, 9.17) is 5.73 Å². The molecule has 1 amide bonds. The number of nitrogens with zero attached hydrogens (tertiary/aromatic N) is 3. The second kappa shape index (κ2) is 9.31. The number of nitriles is 1. The predicted octanol–water partition coefficient (Wildman–Crippen LogP) is 2.21. The van der Waals surface area contributed by atoms with Crippen LogP contribution in [0.4, 0.5) is 0 Å². The van der Waals surface area contributed by atoms with Gasteiger partial charge in [-0.2, -0.15) is 5.26 Å². The Morgan fingerprint density at radius 1 is 1.12 bits per heavy atom. The van der Waals surface area contributed by atoms with E-state index in [1.165, 1.54) is 15.9 Å². The third-order valence-corrected chi connectivity index (χ3v) is 6.89. The fourth-order valence-corrected chi connectivity index (χ4v) is 5.28. The molecule has 166 valence electrons. The molecule has 1 aliphatic heterocycles. The minimum absolute atomic E-state index is 0.0754. The van der Waals surface area contributed by atoms with E-state index < -0.39 is 5.92 Å². The van der Waals surface area contributed by atoms with Gasteiger partial charge in [-0.25, -0.2) is 0 Å². The summed E-state index contributed by atoms with van der Waals surface area (Å²) in [6.45, 7) is 4.85. The van der Waals surface area contributed by atoms with Crippen molar-refractivity contribution in [2.24, 2.45) is 5.73 Å². The molecule has 0 saturated carbocycles. The van der Waals surface area contributed by atoms with Gasteiger partial charge in [-0.1, -0.05) is 60.7 Å². The Labute approximate surface area is 195 Å². The fraction of sp³-hybridized carbons (Fsp3) is 0.192.